The highest BCUT2D eigenvalue weighted by Crippen LogP contribution is 1.89. The molecule has 0 fully saturated rings. The summed E-state index contributed by atoms with van der Waals surface area (Å²) in [5, 5.41) is 3.78. The van der Waals surface area contributed by atoms with Crippen LogP contribution in [0.4, 0.5) is 0 Å². The van der Waals surface area contributed by atoms with Crippen LogP contribution in [0.25, 0.3) is 0 Å². The van der Waals surface area contributed by atoms with Gasteiger partial charge in [0.05, 0.1) is 0 Å². The molecule has 0 radical (unpaired) electrons. The lowest BCUT2D eigenvalue weighted by molar-refractivity contribution is 0.141. The molecule has 0 bridgehead atoms. The minimum absolute atomic E-state index is 0.488. The normalized spacial score (nSPS) is 11.2. The minimum Gasteiger partial charge on any atom is -0.396 e. The quantitative estimate of drug-likeness (QED) is 0.329. The topological polar surface area (TPSA) is 21.6 Å². The van der Waals surface area contributed by atoms with E-state index in [9.17, 15) is 0 Å². The third-order valence-electron chi connectivity index (χ3n) is 1.02. The maximum atomic E-state index is 4.95. The highest BCUT2D eigenvalue weighted by atomic mass is 16.6. The van der Waals surface area contributed by atoms with Crippen LogP contribution in [0.1, 0.15) is 33.6 Å². The van der Waals surface area contributed by atoms with E-state index in [1.165, 1.54) is 0 Å². The van der Waals surface area contributed by atoms with Gasteiger partial charge in [0.1, 0.15) is 6.61 Å². The number of hydrogen-bond acceptors (Lipinski definition) is 2. The van der Waals surface area contributed by atoms with Crippen molar-refractivity contribution < 1.29 is 4.84 Å². The van der Waals surface area contributed by atoms with Gasteiger partial charge in [-0.25, -0.2) is 0 Å². The van der Waals surface area contributed by atoms with Crippen molar-refractivity contribution in [2.24, 2.45) is 11.1 Å². The molecular formula is C8H17NO. The zero-order valence-corrected chi connectivity index (χ0v) is 7.13. The Bertz CT molecular complexity index is 89.3. The molecule has 0 atom stereocenters. The molecule has 0 spiro atoms. The molecule has 2 heteroatoms. The molecule has 0 rings (SSSR count). The lowest BCUT2D eigenvalue weighted by Gasteiger charge is -1.96. The number of oxime groups is 1. The third-order valence-corrected chi connectivity index (χ3v) is 1.02. The first-order chi connectivity index (χ1) is 4.77. The van der Waals surface area contributed by atoms with Crippen molar-refractivity contribution >= 4 is 6.21 Å². The first-order valence-corrected chi connectivity index (χ1v) is 3.92. The Kier molecular flexibility index (Phi) is 6.24. The van der Waals surface area contributed by atoms with E-state index in [0.29, 0.717) is 5.92 Å². The predicted molar refractivity (Wildman–Crippen MR) is 44.2 cm³/mol. The second-order valence-electron chi connectivity index (χ2n) is 2.69. The summed E-state index contributed by atoms with van der Waals surface area (Å²) in [5.74, 6) is 0.488. The summed E-state index contributed by atoms with van der Waals surface area (Å²) in [6.07, 6.45) is 4.07. The van der Waals surface area contributed by atoms with Crippen molar-refractivity contribution in [1.82, 2.24) is 0 Å². The predicted octanol–water partition coefficient (Wildman–Crippen LogP) is 2.44. The Labute approximate surface area is 63.3 Å². The van der Waals surface area contributed by atoms with Gasteiger partial charge >= 0.3 is 0 Å². The second kappa shape index (κ2) is 6.59. The molecule has 0 N–H and O–H groups in total. The van der Waals surface area contributed by atoms with Gasteiger partial charge in [-0.3, -0.25) is 0 Å². The Balaban J connectivity index is 3.02. The van der Waals surface area contributed by atoms with Gasteiger partial charge in [-0.2, -0.15) is 0 Å². The zero-order chi connectivity index (χ0) is 7.82. The lowest BCUT2D eigenvalue weighted by Crippen LogP contribution is -1.91. The van der Waals surface area contributed by atoms with Gasteiger partial charge in [0.15, 0.2) is 0 Å². The van der Waals surface area contributed by atoms with Gasteiger partial charge in [0.2, 0.25) is 0 Å². The minimum atomic E-state index is 0.488. The monoisotopic (exact) mass is 143 g/mol. The molecule has 0 aromatic heterocycles. The standard InChI is InChI=1S/C8H17NO/c1-4-5-6-10-9-7-8(2)3/h7-8H,4-6H2,1-3H3/b9-7+. The summed E-state index contributed by atoms with van der Waals surface area (Å²) in [6, 6.07) is 0. The van der Waals surface area contributed by atoms with E-state index >= 15 is 0 Å². The first-order valence-electron chi connectivity index (χ1n) is 3.92. The summed E-state index contributed by atoms with van der Waals surface area (Å²) in [7, 11) is 0. The molecule has 0 aromatic carbocycles. The van der Waals surface area contributed by atoms with E-state index in [4.69, 9.17) is 4.84 Å². The summed E-state index contributed by atoms with van der Waals surface area (Å²) in [4.78, 5) is 4.95. The molecule has 2 nitrogen and oxygen atoms in total. The van der Waals surface area contributed by atoms with E-state index in [1.807, 2.05) is 6.21 Å². The van der Waals surface area contributed by atoms with E-state index in [0.717, 1.165) is 19.4 Å². The van der Waals surface area contributed by atoms with Crippen LogP contribution in [0.3, 0.4) is 0 Å². The SMILES string of the molecule is CCCCO/N=C/C(C)C. The molecule has 0 aliphatic carbocycles. The van der Waals surface area contributed by atoms with Crippen LogP contribution in [0.5, 0.6) is 0 Å². The van der Waals surface area contributed by atoms with Gasteiger partial charge in [0.25, 0.3) is 0 Å². The molecule has 60 valence electrons. The Morgan fingerprint density at radius 1 is 1.50 bits per heavy atom. The average molecular weight is 143 g/mol. The number of hydrogen-bond donors (Lipinski definition) is 0. The zero-order valence-electron chi connectivity index (χ0n) is 7.13. The van der Waals surface area contributed by atoms with Crippen molar-refractivity contribution in [2.45, 2.75) is 33.6 Å². The van der Waals surface area contributed by atoms with Crippen molar-refractivity contribution in [2.75, 3.05) is 6.61 Å². The van der Waals surface area contributed by atoms with Gasteiger partial charge in [-0.15, -0.1) is 0 Å². The molecule has 0 heterocycles. The van der Waals surface area contributed by atoms with E-state index in [2.05, 4.69) is 25.9 Å². The van der Waals surface area contributed by atoms with Gasteiger partial charge in [-0.05, 0) is 12.3 Å². The molecule has 10 heavy (non-hydrogen) atoms. The Morgan fingerprint density at radius 3 is 2.70 bits per heavy atom. The fraction of sp³-hybridized carbons (Fsp3) is 0.875. The van der Waals surface area contributed by atoms with Crippen molar-refractivity contribution in [3.05, 3.63) is 0 Å². The molecule has 0 saturated carbocycles. The number of unbranched alkanes of at least 4 members (excludes halogenated alkanes) is 1. The second-order valence-corrected chi connectivity index (χ2v) is 2.69. The summed E-state index contributed by atoms with van der Waals surface area (Å²) < 4.78 is 0. The average Bonchev–Trinajstić information content (AvgIpc) is 1.87. The highest BCUT2D eigenvalue weighted by molar-refractivity contribution is 5.58. The first kappa shape index (κ1) is 9.47. The molecule has 0 amide bonds. The van der Waals surface area contributed by atoms with Gasteiger partial charge in [0, 0.05) is 6.21 Å². The molecule has 0 unspecified atom stereocenters. The Hall–Kier alpha value is -0.530. The van der Waals surface area contributed by atoms with Crippen LogP contribution in [0.2, 0.25) is 0 Å². The van der Waals surface area contributed by atoms with E-state index in [1.54, 1.807) is 0 Å². The molecule has 0 aromatic rings. The fourth-order valence-corrected chi connectivity index (χ4v) is 0.426. The van der Waals surface area contributed by atoms with Crippen LogP contribution in [0, 0.1) is 5.92 Å². The third kappa shape index (κ3) is 7.47. The maximum absolute atomic E-state index is 4.95. The highest BCUT2D eigenvalue weighted by Gasteiger charge is 1.84. The van der Waals surface area contributed by atoms with E-state index in [-0.39, 0.29) is 0 Å². The van der Waals surface area contributed by atoms with Crippen molar-refractivity contribution in [1.29, 1.82) is 0 Å². The largest absolute Gasteiger partial charge is 0.396 e. The van der Waals surface area contributed by atoms with Crippen LogP contribution >= 0.6 is 0 Å². The van der Waals surface area contributed by atoms with Crippen LogP contribution in [-0.2, 0) is 4.84 Å². The van der Waals surface area contributed by atoms with Crippen molar-refractivity contribution in [3.8, 4) is 0 Å². The maximum Gasteiger partial charge on any atom is 0.117 e. The van der Waals surface area contributed by atoms with Gasteiger partial charge in [-0.1, -0.05) is 32.3 Å². The lowest BCUT2D eigenvalue weighted by atomic mass is 10.3. The van der Waals surface area contributed by atoms with Crippen molar-refractivity contribution in [3.63, 3.8) is 0 Å². The molecular weight excluding hydrogens is 126 g/mol. The van der Waals surface area contributed by atoms with E-state index < -0.39 is 0 Å². The smallest absolute Gasteiger partial charge is 0.117 e. The summed E-state index contributed by atoms with van der Waals surface area (Å²) in [5.41, 5.74) is 0. The Morgan fingerprint density at radius 2 is 2.20 bits per heavy atom. The molecule has 0 aliphatic heterocycles. The molecule has 0 aliphatic rings. The number of nitrogens with zero attached hydrogens (tertiary/aromatic N) is 1. The van der Waals surface area contributed by atoms with Crippen LogP contribution in [-0.4, -0.2) is 12.8 Å². The van der Waals surface area contributed by atoms with Crippen LogP contribution < -0.4 is 0 Å². The van der Waals surface area contributed by atoms with Gasteiger partial charge < -0.3 is 4.84 Å². The van der Waals surface area contributed by atoms with Crippen LogP contribution in [0.15, 0.2) is 5.16 Å². The fourth-order valence-electron chi connectivity index (χ4n) is 0.426. The number of rotatable bonds is 5. The summed E-state index contributed by atoms with van der Waals surface area (Å²) in [6.45, 7) is 7.04. The summed E-state index contributed by atoms with van der Waals surface area (Å²) >= 11 is 0. The molecule has 0 saturated heterocycles.